The molecular formula is C22H28O4. The van der Waals surface area contributed by atoms with E-state index in [0.717, 1.165) is 48.7 Å². The Morgan fingerprint density at radius 3 is 2.62 bits per heavy atom. The molecule has 1 aromatic carbocycles. The number of furan rings is 1. The Morgan fingerprint density at radius 2 is 1.92 bits per heavy atom. The first-order valence-electron chi connectivity index (χ1n) is 9.64. The van der Waals surface area contributed by atoms with Crippen LogP contribution in [0.3, 0.4) is 0 Å². The van der Waals surface area contributed by atoms with Crippen LogP contribution in [-0.2, 0) is 10.2 Å². The zero-order chi connectivity index (χ0) is 18.9. The van der Waals surface area contributed by atoms with Crippen molar-refractivity contribution in [2.75, 3.05) is 0 Å². The third-order valence-electron chi connectivity index (χ3n) is 7.26. The van der Waals surface area contributed by atoms with E-state index in [0.29, 0.717) is 17.1 Å². The second-order valence-electron chi connectivity index (χ2n) is 9.22. The fraction of sp³-hybridized carbons (Fsp3) is 0.591. The molecule has 1 unspecified atom stereocenters. The van der Waals surface area contributed by atoms with Crippen LogP contribution in [0.2, 0.25) is 0 Å². The number of aromatic hydroxyl groups is 2. The topological polar surface area (TPSA) is 70.7 Å². The first-order chi connectivity index (χ1) is 12.2. The van der Waals surface area contributed by atoms with Crippen molar-refractivity contribution >= 4 is 17.3 Å². The molecule has 0 saturated heterocycles. The molecule has 1 fully saturated rings. The molecule has 4 heteroatoms. The molecule has 2 aliphatic carbocycles. The van der Waals surface area contributed by atoms with E-state index in [2.05, 4.69) is 20.8 Å². The molecule has 1 aromatic heterocycles. The summed E-state index contributed by atoms with van der Waals surface area (Å²) in [6.07, 6.45) is 6.17. The quantitative estimate of drug-likeness (QED) is 0.536. The molecule has 4 rings (SSSR count). The number of hydrogen-bond donors (Lipinski definition) is 2. The van der Waals surface area contributed by atoms with Gasteiger partial charge in [0.2, 0.25) is 0 Å². The molecule has 2 N–H and O–H groups in total. The van der Waals surface area contributed by atoms with E-state index < -0.39 is 0 Å². The highest BCUT2D eigenvalue weighted by Gasteiger charge is 2.52. The Hall–Kier alpha value is -1.97. The number of carbonyl (C=O) groups is 1. The van der Waals surface area contributed by atoms with Crippen molar-refractivity contribution in [1.29, 1.82) is 0 Å². The number of benzene rings is 1. The van der Waals surface area contributed by atoms with Gasteiger partial charge in [-0.15, -0.1) is 0 Å². The molecule has 0 spiro atoms. The van der Waals surface area contributed by atoms with Gasteiger partial charge < -0.3 is 19.4 Å². The number of rotatable bonds is 1. The van der Waals surface area contributed by atoms with Crippen molar-refractivity contribution in [3.63, 3.8) is 0 Å². The molecule has 0 aliphatic heterocycles. The monoisotopic (exact) mass is 356 g/mol. The van der Waals surface area contributed by atoms with Gasteiger partial charge in [0.05, 0.1) is 5.92 Å². The molecule has 3 atom stereocenters. The smallest absolute Gasteiger partial charge is 0.164 e. The van der Waals surface area contributed by atoms with E-state index in [1.165, 1.54) is 6.42 Å². The van der Waals surface area contributed by atoms with E-state index in [-0.39, 0.29) is 28.2 Å². The van der Waals surface area contributed by atoms with Crippen LogP contribution in [0.25, 0.3) is 11.0 Å². The number of hydrogen-bond acceptors (Lipinski definition) is 4. The number of aldehydes is 1. The lowest BCUT2D eigenvalue weighted by atomic mass is 9.53. The van der Waals surface area contributed by atoms with Crippen molar-refractivity contribution in [3.8, 4) is 11.5 Å². The van der Waals surface area contributed by atoms with Gasteiger partial charge >= 0.3 is 0 Å². The van der Waals surface area contributed by atoms with E-state index in [4.69, 9.17) is 4.42 Å². The maximum Gasteiger partial charge on any atom is 0.164 e. The zero-order valence-electron chi connectivity index (χ0n) is 16.1. The molecule has 140 valence electrons. The van der Waals surface area contributed by atoms with Crippen molar-refractivity contribution in [2.24, 2.45) is 11.3 Å². The Labute approximate surface area is 154 Å². The Kier molecular flexibility index (Phi) is 3.70. The summed E-state index contributed by atoms with van der Waals surface area (Å²) >= 11 is 0. The molecule has 2 aliphatic rings. The molecule has 26 heavy (non-hydrogen) atoms. The third-order valence-corrected chi connectivity index (χ3v) is 7.26. The molecule has 0 radical (unpaired) electrons. The summed E-state index contributed by atoms with van der Waals surface area (Å²) in [4.78, 5) is 11.9. The highest BCUT2D eigenvalue weighted by molar-refractivity contribution is 5.91. The molecule has 1 saturated carbocycles. The first kappa shape index (κ1) is 17.4. The number of phenols is 2. The molecule has 2 aromatic rings. The van der Waals surface area contributed by atoms with Crippen molar-refractivity contribution in [2.45, 2.75) is 71.1 Å². The van der Waals surface area contributed by atoms with Crippen LogP contribution in [0, 0.1) is 18.3 Å². The summed E-state index contributed by atoms with van der Waals surface area (Å²) in [5.74, 6) is 0.657. The predicted molar refractivity (Wildman–Crippen MR) is 101 cm³/mol. The molecule has 4 nitrogen and oxygen atoms in total. The van der Waals surface area contributed by atoms with Crippen molar-refractivity contribution < 1.29 is 19.4 Å². The summed E-state index contributed by atoms with van der Waals surface area (Å²) in [7, 11) is 0. The number of phenolic OH excluding ortho intramolecular Hbond substituents is 2. The van der Waals surface area contributed by atoms with Crippen LogP contribution in [0.4, 0.5) is 0 Å². The summed E-state index contributed by atoms with van der Waals surface area (Å²) in [5.41, 5.74) is 2.31. The van der Waals surface area contributed by atoms with Crippen LogP contribution in [0.15, 0.2) is 10.5 Å². The van der Waals surface area contributed by atoms with Gasteiger partial charge in [-0.2, -0.15) is 0 Å². The van der Waals surface area contributed by atoms with E-state index in [1.807, 2.05) is 0 Å². The van der Waals surface area contributed by atoms with Crippen LogP contribution in [0.1, 0.15) is 75.7 Å². The standard InChI is InChI=1S/C22H28O4/c1-12-18(25)15(24)10-14-17-20(26-19(12)14)13(11-23)6-7-16-21(2,3)8-5-9-22(16,17)4/h10-11,13,16,24-25H,5-9H2,1-4H3/t13?,16-,22-/m1/s1. The normalized spacial score (nSPS) is 30.5. The molecule has 1 heterocycles. The Bertz CT molecular complexity index is 891. The van der Waals surface area contributed by atoms with Crippen LogP contribution in [-0.4, -0.2) is 16.5 Å². The predicted octanol–water partition coefficient (Wildman–Crippen LogP) is 5.31. The van der Waals surface area contributed by atoms with Gasteiger partial charge in [0.15, 0.2) is 11.5 Å². The van der Waals surface area contributed by atoms with Gasteiger partial charge in [-0.3, -0.25) is 0 Å². The van der Waals surface area contributed by atoms with E-state index in [1.54, 1.807) is 13.0 Å². The summed E-state index contributed by atoms with van der Waals surface area (Å²) in [6.45, 7) is 8.74. The Morgan fingerprint density at radius 1 is 1.19 bits per heavy atom. The van der Waals surface area contributed by atoms with E-state index in [9.17, 15) is 15.0 Å². The fourth-order valence-corrected chi connectivity index (χ4v) is 5.97. The average Bonchev–Trinajstić information content (AvgIpc) is 2.89. The van der Waals surface area contributed by atoms with Gasteiger partial charge in [0.1, 0.15) is 17.6 Å². The highest BCUT2D eigenvalue weighted by Crippen LogP contribution is 2.60. The fourth-order valence-electron chi connectivity index (χ4n) is 5.97. The summed E-state index contributed by atoms with van der Waals surface area (Å²) < 4.78 is 6.22. The van der Waals surface area contributed by atoms with Crippen LogP contribution in [0.5, 0.6) is 11.5 Å². The minimum Gasteiger partial charge on any atom is -0.504 e. The van der Waals surface area contributed by atoms with Gasteiger partial charge in [0.25, 0.3) is 0 Å². The van der Waals surface area contributed by atoms with Crippen LogP contribution < -0.4 is 0 Å². The van der Waals surface area contributed by atoms with Crippen molar-refractivity contribution in [1.82, 2.24) is 0 Å². The molecular weight excluding hydrogens is 328 g/mol. The molecule has 0 bridgehead atoms. The maximum absolute atomic E-state index is 11.9. The summed E-state index contributed by atoms with van der Waals surface area (Å²) in [6, 6.07) is 1.62. The lowest BCUT2D eigenvalue weighted by Crippen LogP contribution is -2.44. The van der Waals surface area contributed by atoms with Gasteiger partial charge in [-0.05, 0) is 55.4 Å². The largest absolute Gasteiger partial charge is 0.504 e. The first-order valence-corrected chi connectivity index (χ1v) is 9.64. The van der Waals surface area contributed by atoms with Gasteiger partial charge in [-0.25, -0.2) is 0 Å². The second-order valence-corrected chi connectivity index (χ2v) is 9.22. The lowest BCUT2D eigenvalue weighted by Gasteiger charge is -2.50. The van der Waals surface area contributed by atoms with Crippen molar-refractivity contribution in [3.05, 3.63) is 23.0 Å². The summed E-state index contributed by atoms with van der Waals surface area (Å²) in [5, 5.41) is 21.2. The van der Waals surface area contributed by atoms with Crippen LogP contribution >= 0.6 is 0 Å². The number of fused-ring (bicyclic) bond motifs is 5. The van der Waals surface area contributed by atoms with Gasteiger partial charge in [0, 0.05) is 16.5 Å². The molecule has 0 amide bonds. The number of aryl methyl sites for hydroxylation is 1. The van der Waals surface area contributed by atoms with Gasteiger partial charge in [-0.1, -0.05) is 27.2 Å². The maximum atomic E-state index is 11.9. The average molecular weight is 356 g/mol. The number of carbonyl (C=O) groups excluding carboxylic acids is 1. The SMILES string of the molecule is Cc1c(O)c(O)cc2c3c(oc12)C(C=O)CC[C@@H]1C(C)(C)CCC[C@@]31C. The third kappa shape index (κ3) is 2.17. The minimum atomic E-state index is -0.265. The zero-order valence-corrected chi connectivity index (χ0v) is 16.1. The van der Waals surface area contributed by atoms with E-state index >= 15 is 0 Å². The lowest BCUT2D eigenvalue weighted by molar-refractivity contribution is -0.109. The highest BCUT2D eigenvalue weighted by atomic mass is 16.3. The second kappa shape index (κ2) is 5.51. The minimum absolute atomic E-state index is 0.101. The Balaban J connectivity index is 2.08.